The van der Waals surface area contributed by atoms with E-state index in [1.807, 2.05) is 0 Å². The minimum atomic E-state index is -0.826. The van der Waals surface area contributed by atoms with Crippen molar-refractivity contribution in [2.24, 2.45) is 17.8 Å². The van der Waals surface area contributed by atoms with Crippen molar-refractivity contribution in [3.8, 4) is 0 Å². The highest BCUT2D eigenvalue weighted by Gasteiger charge is 2.46. The average Bonchev–Trinajstić information content (AvgIpc) is 3.19. The number of halogens is 1. The number of carboxylic acids is 1. The summed E-state index contributed by atoms with van der Waals surface area (Å²) in [5.41, 5.74) is 0.365. The lowest BCUT2D eigenvalue weighted by Crippen LogP contribution is -2.31. The maximum Gasteiger partial charge on any atom is 0.308 e. The average molecular weight is 291 g/mol. The largest absolute Gasteiger partial charge is 0.481 e. The molecular weight excluding hydrogens is 273 g/mol. The molecule has 1 amide bonds. The number of rotatable bonds is 4. The van der Waals surface area contributed by atoms with E-state index in [9.17, 15) is 19.1 Å². The van der Waals surface area contributed by atoms with E-state index < -0.39 is 17.7 Å². The molecule has 2 fully saturated rings. The fraction of sp³-hybridized carbons (Fsp3) is 0.500. The second kappa shape index (κ2) is 5.47. The number of aliphatic carboxylic acids is 1. The van der Waals surface area contributed by atoms with Crippen LogP contribution in [0.2, 0.25) is 0 Å². The number of nitrogens with zero attached hydrogens (tertiary/aromatic N) is 1. The van der Waals surface area contributed by atoms with E-state index in [-0.39, 0.29) is 24.8 Å². The molecule has 1 aliphatic heterocycles. The van der Waals surface area contributed by atoms with Gasteiger partial charge in [-0.2, -0.15) is 0 Å². The van der Waals surface area contributed by atoms with E-state index in [1.54, 1.807) is 23.1 Å². The Morgan fingerprint density at radius 2 is 1.95 bits per heavy atom. The van der Waals surface area contributed by atoms with Crippen LogP contribution in [-0.4, -0.2) is 35.0 Å². The Labute approximate surface area is 122 Å². The number of benzene rings is 1. The molecular formula is C16H18FNO3. The van der Waals surface area contributed by atoms with Crippen LogP contribution in [0.5, 0.6) is 0 Å². The van der Waals surface area contributed by atoms with Crippen LogP contribution in [-0.2, 0) is 16.0 Å². The van der Waals surface area contributed by atoms with Gasteiger partial charge in [-0.1, -0.05) is 18.2 Å². The quantitative estimate of drug-likeness (QED) is 0.922. The Kier molecular flexibility index (Phi) is 3.66. The first-order chi connectivity index (χ1) is 10.1. The van der Waals surface area contributed by atoms with Crippen molar-refractivity contribution in [1.29, 1.82) is 0 Å². The van der Waals surface area contributed by atoms with Crippen LogP contribution in [0.25, 0.3) is 0 Å². The van der Waals surface area contributed by atoms with E-state index in [0.717, 1.165) is 12.8 Å². The molecule has 112 valence electrons. The lowest BCUT2D eigenvalue weighted by molar-refractivity contribution is -0.142. The van der Waals surface area contributed by atoms with Crippen molar-refractivity contribution >= 4 is 11.9 Å². The number of amides is 1. The summed E-state index contributed by atoms with van der Waals surface area (Å²) in [5, 5.41) is 9.30. The molecule has 1 aromatic carbocycles. The summed E-state index contributed by atoms with van der Waals surface area (Å²) in [6.07, 6.45) is 2.12. The maximum absolute atomic E-state index is 13.6. The third-order valence-corrected chi connectivity index (χ3v) is 4.56. The van der Waals surface area contributed by atoms with Crippen molar-refractivity contribution in [3.63, 3.8) is 0 Å². The summed E-state index contributed by atoms with van der Waals surface area (Å²) in [4.78, 5) is 25.2. The topological polar surface area (TPSA) is 57.6 Å². The first kappa shape index (κ1) is 14.0. The monoisotopic (exact) mass is 291 g/mol. The Hall–Kier alpha value is -1.91. The minimum absolute atomic E-state index is 0.00357. The zero-order valence-corrected chi connectivity index (χ0v) is 11.7. The molecule has 1 saturated heterocycles. The molecule has 5 heteroatoms. The zero-order chi connectivity index (χ0) is 15.0. The van der Waals surface area contributed by atoms with Gasteiger partial charge in [0.1, 0.15) is 5.82 Å². The lowest BCUT2D eigenvalue weighted by atomic mass is 9.92. The van der Waals surface area contributed by atoms with Gasteiger partial charge in [0, 0.05) is 13.1 Å². The second-order valence-electron chi connectivity index (χ2n) is 6.01. The number of hydrogen-bond acceptors (Lipinski definition) is 2. The molecule has 2 atom stereocenters. The fourth-order valence-electron chi connectivity index (χ4n) is 3.21. The molecule has 1 aliphatic carbocycles. The number of carbonyl (C=O) groups is 2. The van der Waals surface area contributed by atoms with Crippen LogP contribution in [0.4, 0.5) is 4.39 Å². The van der Waals surface area contributed by atoms with Crippen LogP contribution < -0.4 is 0 Å². The van der Waals surface area contributed by atoms with Crippen molar-refractivity contribution in [1.82, 2.24) is 4.90 Å². The van der Waals surface area contributed by atoms with Gasteiger partial charge < -0.3 is 10.0 Å². The molecule has 21 heavy (non-hydrogen) atoms. The van der Waals surface area contributed by atoms with Crippen molar-refractivity contribution < 1.29 is 19.1 Å². The summed E-state index contributed by atoms with van der Waals surface area (Å²) in [6.45, 7) is 0.749. The molecule has 0 spiro atoms. The van der Waals surface area contributed by atoms with E-state index >= 15 is 0 Å². The van der Waals surface area contributed by atoms with Crippen LogP contribution in [0.1, 0.15) is 18.4 Å². The molecule has 0 aromatic heterocycles. The molecule has 4 nitrogen and oxygen atoms in total. The lowest BCUT2D eigenvalue weighted by Gasteiger charge is -2.16. The van der Waals surface area contributed by atoms with Gasteiger partial charge in [0.2, 0.25) is 5.91 Å². The summed E-state index contributed by atoms with van der Waals surface area (Å²) in [6, 6.07) is 6.21. The molecule has 1 aromatic rings. The Bertz CT molecular complexity index is 570. The molecule has 1 heterocycles. The third-order valence-electron chi connectivity index (χ3n) is 4.56. The standard InChI is InChI=1S/C16H18FNO3/c17-14-4-2-1-3-11(14)7-15(19)18-8-12(10-5-6-10)13(9-18)16(20)21/h1-4,10,12-13H,5-9H2,(H,20,21)/t12-,13+/m1/s1. The minimum Gasteiger partial charge on any atom is -0.481 e. The molecule has 0 radical (unpaired) electrons. The SMILES string of the molecule is O=C(O)[C@H]1CN(C(=O)Cc2ccccc2F)C[C@@H]1C1CC1. The number of carboxylic acid groups (broad SMARTS) is 1. The van der Waals surface area contributed by atoms with Gasteiger partial charge in [-0.15, -0.1) is 0 Å². The maximum atomic E-state index is 13.6. The highest BCUT2D eigenvalue weighted by Crippen LogP contribution is 2.44. The molecule has 1 N–H and O–H groups in total. The van der Waals surface area contributed by atoms with E-state index in [1.165, 1.54) is 6.07 Å². The Morgan fingerprint density at radius 3 is 2.57 bits per heavy atom. The normalized spacial score (nSPS) is 25.1. The van der Waals surface area contributed by atoms with Gasteiger partial charge >= 0.3 is 5.97 Å². The van der Waals surface area contributed by atoms with Crippen LogP contribution in [0.15, 0.2) is 24.3 Å². The summed E-state index contributed by atoms with van der Waals surface area (Å²) >= 11 is 0. The highest BCUT2D eigenvalue weighted by atomic mass is 19.1. The highest BCUT2D eigenvalue weighted by molar-refractivity contribution is 5.81. The van der Waals surface area contributed by atoms with Crippen LogP contribution in [0, 0.1) is 23.6 Å². The van der Waals surface area contributed by atoms with Crippen LogP contribution >= 0.6 is 0 Å². The molecule has 0 bridgehead atoms. The summed E-state index contributed by atoms with van der Waals surface area (Å²) < 4.78 is 13.6. The smallest absolute Gasteiger partial charge is 0.308 e. The van der Waals surface area contributed by atoms with Gasteiger partial charge in [-0.05, 0) is 36.3 Å². The van der Waals surface area contributed by atoms with Gasteiger partial charge in [-0.25, -0.2) is 4.39 Å². The van der Waals surface area contributed by atoms with E-state index in [4.69, 9.17) is 0 Å². The number of carbonyl (C=O) groups excluding carboxylic acids is 1. The third kappa shape index (κ3) is 2.91. The molecule has 0 unspecified atom stereocenters. The van der Waals surface area contributed by atoms with Crippen molar-refractivity contribution in [2.75, 3.05) is 13.1 Å². The second-order valence-corrected chi connectivity index (χ2v) is 6.01. The van der Waals surface area contributed by atoms with Crippen LogP contribution in [0.3, 0.4) is 0 Å². The van der Waals surface area contributed by atoms with E-state index in [2.05, 4.69) is 0 Å². The Morgan fingerprint density at radius 1 is 1.24 bits per heavy atom. The summed E-state index contributed by atoms with van der Waals surface area (Å²) in [5.74, 6) is -1.37. The fourth-order valence-corrected chi connectivity index (χ4v) is 3.21. The predicted octanol–water partition coefficient (Wildman–Crippen LogP) is 1.94. The van der Waals surface area contributed by atoms with E-state index in [0.29, 0.717) is 18.0 Å². The molecule has 3 rings (SSSR count). The number of hydrogen-bond donors (Lipinski definition) is 1. The van der Waals surface area contributed by atoms with Gasteiger partial charge in [0.25, 0.3) is 0 Å². The van der Waals surface area contributed by atoms with Crippen molar-refractivity contribution in [2.45, 2.75) is 19.3 Å². The van der Waals surface area contributed by atoms with Gasteiger partial charge in [0.05, 0.1) is 12.3 Å². The summed E-state index contributed by atoms with van der Waals surface area (Å²) in [7, 11) is 0. The first-order valence-electron chi connectivity index (χ1n) is 7.30. The molecule has 1 saturated carbocycles. The number of likely N-dealkylation sites (tertiary alicyclic amines) is 1. The molecule has 2 aliphatic rings. The zero-order valence-electron chi connectivity index (χ0n) is 11.7. The first-order valence-corrected chi connectivity index (χ1v) is 7.30. The van der Waals surface area contributed by atoms with Gasteiger partial charge in [-0.3, -0.25) is 9.59 Å². The van der Waals surface area contributed by atoms with Gasteiger partial charge in [0.15, 0.2) is 0 Å². The van der Waals surface area contributed by atoms with Crippen molar-refractivity contribution in [3.05, 3.63) is 35.6 Å². The Balaban J connectivity index is 1.68. The predicted molar refractivity (Wildman–Crippen MR) is 74.0 cm³/mol.